The molecule has 10 heteroatoms. The van der Waals surface area contributed by atoms with Crippen LogP contribution in [0, 0.1) is 10.1 Å². The molecule has 0 saturated carbocycles. The molecule has 5 aromatic rings. The standard InChI is InChI=1S/C31H21N3O6S/c35-27(21-11-5-2-6-12-21)28(22-15-17-23(18-16-22)34(38)39)40-30(37)25-14-8-7-13-24(25)29(36)33-31-32-26(19-41-31)20-9-3-1-4-10-20/h1-19,28H,(H,32,33,36)/t28-/m0/s1. The number of nitro benzene ring substituents is 1. The number of nitrogens with one attached hydrogen (secondary N) is 1. The lowest BCUT2D eigenvalue weighted by atomic mass is 9.99. The molecule has 0 radical (unpaired) electrons. The number of carbonyl (C=O) groups excluding carboxylic acids is 3. The van der Waals surface area contributed by atoms with E-state index in [9.17, 15) is 24.5 Å². The van der Waals surface area contributed by atoms with Crippen molar-refractivity contribution in [3.05, 3.63) is 147 Å². The first-order chi connectivity index (χ1) is 19.9. The molecule has 1 amide bonds. The molecule has 1 N–H and O–H groups in total. The van der Waals surface area contributed by atoms with Gasteiger partial charge in [0, 0.05) is 34.2 Å². The largest absolute Gasteiger partial charge is 0.445 e. The van der Waals surface area contributed by atoms with E-state index in [1.165, 1.54) is 47.7 Å². The SMILES string of the molecule is O=C(Nc1nc(-c2ccccc2)cs1)c1ccccc1C(=O)O[C@H](C(=O)c1ccccc1)c1ccc([N+](=O)[O-])cc1. The number of thiazole rings is 1. The van der Waals surface area contributed by atoms with Crippen molar-refractivity contribution in [2.24, 2.45) is 0 Å². The summed E-state index contributed by atoms with van der Waals surface area (Å²) in [6, 6.07) is 29.0. The van der Waals surface area contributed by atoms with E-state index in [0.29, 0.717) is 10.8 Å². The normalized spacial score (nSPS) is 11.3. The fourth-order valence-corrected chi connectivity index (χ4v) is 4.78. The van der Waals surface area contributed by atoms with Crippen LogP contribution in [-0.2, 0) is 4.74 Å². The number of esters is 1. The first-order valence-corrected chi connectivity index (χ1v) is 13.2. The number of hydrogen-bond donors (Lipinski definition) is 1. The molecule has 1 atom stereocenters. The van der Waals surface area contributed by atoms with E-state index in [-0.39, 0.29) is 27.9 Å². The van der Waals surface area contributed by atoms with Gasteiger partial charge in [0.05, 0.1) is 21.7 Å². The number of non-ortho nitro benzene ring substituents is 1. The van der Waals surface area contributed by atoms with Gasteiger partial charge in [0.2, 0.25) is 5.78 Å². The average molecular weight is 564 g/mol. The molecule has 0 aliphatic heterocycles. The maximum absolute atomic E-state index is 13.4. The Morgan fingerprint density at radius 3 is 2.07 bits per heavy atom. The average Bonchev–Trinajstić information content (AvgIpc) is 3.49. The number of anilines is 1. The molecular weight excluding hydrogens is 542 g/mol. The molecule has 202 valence electrons. The third kappa shape index (κ3) is 6.23. The summed E-state index contributed by atoms with van der Waals surface area (Å²) in [5, 5.41) is 16.0. The summed E-state index contributed by atoms with van der Waals surface area (Å²) >= 11 is 1.24. The van der Waals surface area contributed by atoms with Gasteiger partial charge in [-0.3, -0.25) is 25.0 Å². The number of Topliss-reactive ketones (excluding diaryl/α,β-unsaturated/α-hetero) is 1. The van der Waals surface area contributed by atoms with E-state index in [2.05, 4.69) is 10.3 Å². The minimum atomic E-state index is -1.41. The lowest BCUT2D eigenvalue weighted by Crippen LogP contribution is -2.23. The van der Waals surface area contributed by atoms with Gasteiger partial charge in [-0.25, -0.2) is 9.78 Å². The summed E-state index contributed by atoms with van der Waals surface area (Å²) in [7, 11) is 0. The van der Waals surface area contributed by atoms with Crippen LogP contribution in [-0.4, -0.2) is 27.6 Å². The predicted molar refractivity (Wildman–Crippen MR) is 154 cm³/mol. The Hall–Kier alpha value is -5.48. The van der Waals surface area contributed by atoms with E-state index >= 15 is 0 Å². The first-order valence-electron chi connectivity index (χ1n) is 12.4. The lowest BCUT2D eigenvalue weighted by molar-refractivity contribution is -0.384. The smallest absolute Gasteiger partial charge is 0.340 e. The summed E-state index contributed by atoms with van der Waals surface area (Å²) in [4.78, 5) is 55.1. The lowest BCUT2D eigenvalue weighted by Gasteiger charge is -2.18. The number of ketones is 1. The molecule has 0 aliphatic carbocycles. The number of carbonyl (C=O) groups is 3. The fraction of sp³-hybridized carbons (Fsp3) is 0.0323. The van der Waals surface area contributed by atoms with Crippen LogP contribution in [0.5, 0.6) is 0 Å². The highest BCUT2D eigenvalue weighted by atomic mass is 32.1. The van der Waals surface area contributed by atoms with Gasteiger partial charge in [-0.05, 0) is 24.3 Å². The molecule has 1 aromatic heterocycles. The van der Waals surface area contributed by atoms with Gasteiger partial charge in [0.1, 0.15) is 0 Å². The number of hydrogen-bond acceptors (Lipinski definition) is 8. The van der Waals surface area contributed by atoms with Crippen molar-refractivity contribution in [1.29, 1.82) is 0 Å². The fourth-order valence-electron chi connectivity index (χ4n) is 4.06. The van der Waals surface area contributed by atoms with E-state index in [1.54, 1.807) is 42.5 Å². The third-order valence-electron chi connectivity index (χ3n) is 6.11. The minimum absolute atomic E-state index is 0.0311. The molecule has 41 heavy (non-hydrogen) atoms. The van der Waals surface area contributed by atoms with Crippen LogP contribution < -0.4 is 5.32 Å². The molecule has 0 saturated heterocycles. The van der Waals surface area contributed by atoms with Crippen molar-refractivity contribution in [2.45, 2.75) is 6.10 Å². The number of benzene rings is 4. The van der Waals surface area contributed by atoms with Gasteiger partial charge in [-0.1, -0.05) is 72.8 Å². The van der Waals surface area contributed by atoms with Crippen molar-refractivity contribution in [2.75, 3.05) is 5.32 Å². The maximum Gasteiger partial charge on any atom is 0.340 e. The highest BCUT2D eigenvalue weighted by Gasteiger charge is 2.29. The Morgan fingerprint density at radius 1 is 0.805 bits per heavy atom. The molecule has 5 rings (SSSR count). The summed E-state index contributed by atoms with van der Waals surface area (Å²) in [6.45, 7) is 0. The number of ether oxygens (including phenoxy) is 1. The summed E-state index contributed by atoms with van der Waals surface area (Å²) in [5.74, 6) is -2.01. The van der Waals surface area contributed by atoms with Crippen LogP contribution >= 0.6 is 11.3 Å². The molecule has 0 aliphatic rings. The van der Waals surface area contributed by atoms with Gasteiger partial charge in [-0.2, -0.15) is 0 Å². The van der Waals surface area contributed by atoms with Gasteiger partial charge < -0.3 is 4.74 Å². The second-order valence-corrected chi connectivity index (χ2v) is 9.63. The van der Waals surface area contributed by atoms with E-state index in [4.69, 9.17) is 4.74 Å². The molecule has 0 bridgehead atoms. The monoisotopic (exact) mass is 563 g/mol. The van der Waals surface area contributed by atoms with E-state index < -0.39 is 28.7 Å². The number of aromatic nitrogens is 1. The van der Waals surface area contributed by atoms with Gasteiger partial charge in [0.15, 0.2) is 11.2 Å². The van der Waals surface area contributed by atoms with Gasteiger partial charge in [-0.15, -0.1) is 11.3 Å². The highest BCUT2D eigenvalue weighted by Crippen LogP contribution is 2.28. The molecule has 0 spiro atoms. The summed E-state index contributed by atoms with van der Waals surface area (Å²) < 4.78 is 5.69. The zero-order chi connectivity index (χ0) is 28.8. The Morgan fingerprint density at radius 2 is 1.41 bits per heavy atom. The molecular formula is C31H21N3O6S. The maximum atomic E-state index is 13.4. The van der Waals surface area contributed by atoms with Crippen LogP contribution in [0.15, 0.2) is 115 Å². The topological polar surface area (TPSA) is 129 Å². The first kappa shape index (κ1) is 27.1. The highest BCUT2D eigenvalue weighted by molar-refractivity contribution is 7.14. The molecule has 9 nitrogen and oxygen atoms in total. The minimum Gasteiger partial charge on any atom is -0.445 e. The van der Waals surface area contributed by atoms with Gasteiger partial charge >= 0.3 is 5.97 Å². The number of rotatable bonds is 9. The van der Waals surface area contributed by atoms with Crippen LogP contribution in [0.1, 0.15) is 42.7 Å². The quantitative estimate of drug-likeness (QED) is 0.0909. The zero-order valence-corrected chi connectivity index (χ0v) is 22.1. The Balaban J connectivity index is 1.40. The van der Waals surface area contributed by atoms with Crippen molar-refractivity contribution >= 4 is 39.8 Å². The van der Waals surface area contributed by atoms with Crippen LogP contribution in [0.25, 0.3) is 11.3 Å². The predicted octanol–water partition coefficient (Wildman–Crippen LogP) is 6.75. The van der Waals surface area contributed by atoms with Crippen LogP contribution in [0.2, 0.25) is 0 Å². The van der Waals surface area contributed by atoms with Crippen molar-refractivity contribution in [1.82, 2.24) is 4.98 Å². The van der Waals surface area contributed by atoms with E-state index in [1.807, 2.05) is 35.7 Å². The second kappa shape index (κ2) is 12.1. The summed E-state index contributed by atoms with van der Waals surface area (Å²) in [6.07, 6.45) is -1.41. The number of nitro groups is 1. The number of nitrogens with zero attached hydrogens (tertiary/aromatic N) is 2. The molecule has 1 heterocycles. The Kier molecular flexibility index (Phi) is 8.03. The van der Waals surface area contributed by atoms with Crippen molar-refractivity contribution in [3.63, 3.8) is 0 Å². The molecule has 4 aromatic carbocycles. The van der Waals surface area contributed by atoms with Crippen LogP contribution in [0.3, 0.4) is 0 Å². The Bertz CT molecular complexity index is 1720. The second-order valence-electron chi connectivity index (χ2n) is 8.77. The molecule has 0 unspecified atom stereocenters. The third-order valence-corrected chi connectivity index (χ3v) is 6.87. The van der Waals surface area contributed by atoms with Crippen molar-refractivity contribution < 1.29 is 24.0 Å². The summed E-state index contributed by atoms with van der Waals surface area (Å²) in [5.41, 5.74) is 1.92. The van der Waals surface area contributed by atoms with E-state index in [0.717, 1.165) is 5.56 Å². The Labute approximate surface area is 238 Å². The van der Waals surface area contributed by atoms with Crippen molar-refractivity contribution in [3.8, 4) is 11.3 Å². The number of amides is 1. The van der Waals surface area contributed by atoms with Crippen LogP contribution in [0.4, 0.5) is 10.8 Å². The van der Waals surface area contributed by atoms with Gasteiger partial charge in [0.25, 0.3) is 11.6 Å². The zero-order valence-electron chi connectivity index (χ0n) is 21.3. The molecule has 0 fully saturated rings.